The van der Waals surface area contributed by atoms with Crippen LogP contribution in [0.2, 0.25) is 0 Å². The summed E-state index contributed by atoms with van der Waals surface area (Å²) in [7, 11) is 0. The number of morpholine rings is 1. The molecular formula is C20H24N6O3S. The van der Waals surface area contributed by atoms with Gasteiger partial charge in [-0.1, -0.05) is 11.3 Å². The second kappa shape index (κ2) is 9.23. The van der Waals surface area contributed by atoms with Gasteiger partial charge in [0.2, 0.25) is 5.88 Å². The predicted octanol–water partition coefficient (Wildman–Crippen LogP) is 1.99. The number of rotatable bonds is 7. The SMILES string of the molecule is Cc1nc(OCCNC(=O)c2sc(-n3cccc3)nc2C)cc(N2CCOCC2)n1. The molecule has 4 heterocycles. The molecule has 1 saturated heterocycles. The number of aromatic nitrogens is 4. The molecule has 0 unspecified atom stereocenters. The summed E-state index contributed by atoms with van der Waals surface area (Å²) in [4.78, 5) is 28.6. The van der Waals surface area contributed by atoms with Gasteiger partial charge in [-0.2, -0.15) is 4.98 Å². The molecule has 10 heteroatoms. The van der Waals surface area contributed by atoms with Gasteiger partial charge in [0.1, 0.15) is 23.1 Å². The third kappa shape index (κ3) is 4.77. The molecule has 0 saturated carbocycles. The van der Waals surface area contributed by atoms with E-state index in [1.54, 1.807) is 0 Å². The zero-order valence-corrected chi connectivity index (χ0v) is 17.8. The van der Waals surface area contributed by atoms with E-state index in [2.05, 4.69) is 25.2 Å². The first-order chi connectivity index (χ1) is 14.6. The Balaban J connectivity index is 1.31. The monoisotopic (exact) mass is 428 g/mol. The van der Waals surface area contributed by atoms with E-state index in [9.17, 15) is 4.79 Å². The molecule has 30 heavy (non-hydrogen) atoms. The standard InChI is InChI=1S/C20H24N6O3S/c1-14-18(30-20(22-14)26-6-3-4-7-26)19(27)21-5-10-29-17-13-16(23-15(2)24-17)25-8-11-28-12-9-25/h3-4,6-7,13H,5,8-12H2,1-2H3,(H,21,27). The van der Waals surface area contributed by atoms with Gasteiger partial charge in [0.15, 0.2) is 5.13 Å². The quantitative estimate of drug-likeness (QED) is 0.575. The van der Waals surface area contributed by atoms with Crippen molar-refractivity contribution in [2.75, 3.05) is 44.4 Å². The molecule has 0 radical (unpaired) electrons. The van der Waals surface area contributed by atoms with E-state index in [0.717, 1.165) is 24.0 Å². The number of anilines is 1. The lowest BCUT2D eigenvalue weighted by atomic mass is 10.4. The van der Waals surface area contributed by atoms with E-state index in [-0.39, 0.29) is 5.91 Å². The molecule has 158 valence electrons. The van der Waals surface area contributed by atoms with Gasteiger partial charge in [-0.05, 0) is 26.0 Å². The van der Waals surface area contributed by atoms with E-state index in [0.29, 0.717) is 48.6 Å². The van der Waals surface area contributed by atoms with Crippen molar-refractivity contribution in [1.82, 2.24) is 24.8 Å². The minimum atomic E-state index is -0.153. The van der Waals surface area contributed by atoms with Crippen molar-refractivity contribution in [2.24, 2.45) is 0 Å². The molecule has 4 rings (SSSR count). The van der Waals surface area contributed by atoms with Crippen molar-refractivity contribution in [1.29, 1.82) is 0 Å². The molecule has 3 aromatic rings. The molecule has 1 N–H and O–H groups in total. The molecule has 1 fully saturated rings. The number of thiazole rings is 1. The van der Waals surface area contributed by atoms with Gasteiger partial charge in [-0.3, -0.25) is 4.79 Å². The van der Waals surface area contributed by atoms with Crippen LogP contribution < -0.4 is 15.0 Å². The van der Waals surface area contributed by atoms with Crippen LogP contribution in [0.25, 0.3) is 5.13 Å². The van der Waals surface area contributed by atoms with Crippen molar-refractivity contribution < 1.29 is 14.3 Å². The Labute approximate surface area is 178 Å². The average Bonchev–Trinajstić information content (AvgIpc) is 3.41. The minimum Gasteiger partial charge on any atom is -0.476 e. The van der Waals surface area contributed by atoms with Gasteiger partial charge in [0.25, 0.3) is 5.91 Å². The Hall–Kier alpha value is -2.98. The van der Waals surface area contributed by atoms with Crippen molar-refractivity contribution in [2.45, 2.75) is 13.8 Å². The van der Waals surface area contributed by atoms with Gasteiger partial charge in [-0.25, -0.2) is 9.97 Å². The maximum atomic E-state index is 12.5. The summed E-state index contributed by atoms with van der Waals surface area (Å²) in [5.74, 6) is 1.83. The van der Waals surface area contributed by atoms with Crippen LogP contribution in [0.5, 0.6) is 5.88 Å². The lowest BCUT2D eigenvalue weighted by molar-refractivity contribution is 0.0950. The largest absolute Gasteiger partial charge is 0.476 e. The number of amides is 1. The molecule has 0 aromatic carbocycles. The Morgan fingerprint density at radius 2 is 1.97 bits per heavy atom. The second-order valence-corrected chi connectivity index (χ2v) is 7.79. The normalized spacial score (nSPS) is 14.0. The third-order valence-electron chi connectivity index (χ3n) is 4.59. The zero-order valence-electron chi connectivity index (χ0n) is 17.0. The van der Waals surface area contributed by atoms with E-state index in [4.69, 9.17) is 9.47 Å². The van der Waals surface area contributed by atoms with Crippen LogP contribution in [0.3, 0.4) is 0 Å². The molecule has 0 spiro atoms. The number of nitrogens with one attached hydrogen (secondary N) is 1. The van der Waals surface area contributed by atoms with Crippen LogP contribution in [0.1, 0.15) is 21.2 Å². The molecular weight excluding hydrogens is 404 g/mol. The maximum absolute atomic E-state index is 12.5. The lowest BCUT2D eigenvalue weighted by Crippen LogP contribution is -2.37. The van der Waals surface area contributed by atoms with Crippen LogP contribution in [0, 0.1) is 13.8 Å². The summed E-state index contributed by atoms with van der Waals surface area (Å²) >= 11 is 1.36. The molecule has 1 aliphatic heterocycles. The fourth-order valence-corrected chi connectivity index (χ4v) is 4.07. The topological polar surface area (TPSA) is 94.4 Å². The van der Waals surface area contributed by atoms with E-state index < -0.39 is 0 Å². The number of nitrogens with zero attached hydrogens (tertiary/aromatic N) is 5. The van der Waals surface area contributed by atoms with Gasteiger partial charge in [0, 0.05) is 31.5 Å². The summed E-state index contributed by atoms with van der Waals surface area (Å²) in [6, 6.07) is 5.68. The van der Waals surface area contributed by atoms with Crippen LogP contribution in [0.15, 0.2) is 30.6 Å². The number of hydrogen-bond donors (Lipinski definition) is 1. The number of carbonyl (C=O) groups is 1. The van der Waals surface area contributed by atoms with E-state index >= 15 is 0 Å². The van der Waals surface area contributed by atoms with Crippen LogP contribution >= 0.6 is 11.3 Å². The highest BCUT2D eigenvalue weighted by atomic mass is 32.1. The summed E-state index contributed by atoms with van der Waals surface area (Å²) in [5, 5.41) is 3.66. The smallest absolute Gasteiger partial charge is 0.263 e. The molecule has 3 aromatic heterocycles. The Morgan fingerprint density at radius 1 is 1.20 bits per heavy atom. The number of carbonyl (C=O) groups excluding carboxylic acids is 1. The van der Waals surface area contributed by atoms with Gasteiger partial charge < -0.3 is 24.3 Å². The zero-order chi connectivity index (χ0) is 20.9. The molecule has 0 aliphatic carbocycles. The highest BCUT2D eigenvalue weighted by Gasteiger charge is 2.17. The second-order valence-electron chi connectivity index (χ2n) is 6.82. The van der Waals surface area contributed by atoms with Gasteiger partial charge in [-0.15, -0.1) is 0 Å². The Kier molecular flexibility index (Phi) is 6.24. The summed E-state index contributed by atoms with van der Waals surface area (Å²) in [5.41, 5.74) is 0.712. The first kappa shape index (κ1) is 20.3. The Bertz CT molecular complexity index is 998. The molecule has 0 bridgehead atoms. The summed E-state index contributed by atoms with van der Waals surface area (Å²) < 4.78 is 13.0. The van der Waals surface area contributed by atoms with Crippen molar-refractivity contribution in [3.8, 4) is 11.0 Å². The predicted molar refractivity (Wildman–Crippen MR) is 114 cm³/mol. The lowest BCUT2D eigenvalue weighted by Gasteiger charge is -2.28. The number of ether oxygens (including phenoxy) is 2. The van der Waals surface area contributed by atoms with Gasteiger partial charge in [0.05, 0.1) is 25.5 Å². The number of hydrogen-bond acceptors (Lipinski definition) is 8. The molecule has 9 nitrogen and oxygen atoms in total. The van der Waals surface area contributed by atoms with Crippen molar-refractivity contribution in [3.63, 3.8) is 0 Å². The Morgan fingerprint density at radius 3 is 2.73 bits per heavy atom. The van der Waals surface area contributed by atoms with E-state index in [1.807, 2.05) is 49.0 Å². The highest BCUT2D eigenvalue weighted by Crippen LogP contribution is 2.22. The van der Waals surface area contributed by atoms with Crippen LogP contribution in [0.4, 0.5) is 5.82 Å². The summed E-state index contributed by atoms with van der Waals surface area (Å²) in [6.45, 7) is 7.33. The summed E-state index contributed by atoms with van der Waals surface area (Å²) in [6.07, 6.45) is 3.81. The van der Waals surface area contributed by atoms with Crippen molar-refractivity contribution in [3.05, 3.63) is 47.0 Å². The fraction of sp³-hybridized carbons (Fsp3) is 0.400. The van der Waals surface area contributed by atoms with Crippen LogP contribution in [-0.4, -0.2) is 64.9 Å². The van der Waals surface area contributed by atoms with E-state index in [1.165, 1.54) is 11.3 Å². The molecule has 1 amide bonds. The highest BCUT2D eigenvalue weighted by molar-refractivity contribution is 7.16. The first-order valence-corrected chi connectivity index (χ1v) is 10.6. The maximum Gasteiger partial charge on any atom is 0.263 e. The number of aryl methyl sites for hydroxylation is 2. The molecule has 0 atom stereocenters. The first-order valence-electron chi connectivity index (χ1n) is 9.80. The van der Waals surface area contributed by atoms with Crippen molar-refractivity contribution >= 4 is 23.1 Å². The average molecular weight is 429 g/mol. The van der Waals surface area contributed by atoms with Crippen LogP contribution in [-0.2, 0) is 4.74 Å². The minimum absolute atomic E-state index is 0.153. The fourth-order valence-electron chi connectivity index (χ4n) is 3.12. The van der Waals surface area contributed by atoms with Gasteiger partial charge >= 0.3 is 0 Å². The third-order valence-corrected chi connectivity index (χ3v) is 5.76. The molecule has 1 aliphatic rings.